The third-order valence-electron chi connectivity index (χ3n) is 6.27. The Morgan fingerprint density at radius 1 is 1.15 bits per heavy atom. The molecule has 1 saturated heterocycles. The van der Waals surface area contributed by atoms with Gasteiger partial charge in [-0.15, -0.1) is 0 Å². The van der Waals surface area contributed by atoms with Crippen molar-refractivity contribution in [2.24, 2.45) is 23.0 Å². The molecule has 1 aliphatic carbocycles. The first-order valence-electron chi connectivity index (χ1n) is 8.86. The number of hydrogen-bond donors (Lipinski definition) is 1. The summed E-state index contributed by atoms with van der Waals surface area (Å²) in [5.74, 6) is 1.80. The highest BCUT2D eigenvalue weighted by Gasteiger charge is 2.42. The van der Waals surface area contributed by atoms with Gasteiger partial charge >= 0.3 is 0 Å². The van der Waals surface area contributed by atoms with Crippen LogP contribution in [0.4, 0.5) is 0 Å². The van der Waals surface area contributed by atoms with E-state index in [0.717, 1.165) is 18.4 Å². The molecule has 0 spiro atoms. The molecule has 2 nitrogen and oxygen atoms in total. The quantitative estimate of drug-likeness (QED) is 0.845. The number of hydrogen-bond acceptors (Lipinski definition) is 2. The van der Waals surface area contributed by atoms with Crippen LogP contribution >= 0.6 is 0 Å². The van der Waals surface area contributed by atoms with Crippen LogP contribution in [0.15, 0.2) is 0 Å². The normalized spacial score (nSPS) is 37.0. The summed E-state index contributed by atoms with van der Waals surface area (Å²) in [5, 5.41) is 0. The van der Waals surface area contributed by atoms with Crippen LogP contribution in [0.2, 0.25) is 0 Å². The Hall–Kier alpha value is -0.0800. The molecular formula is C18H36N2. The number of nitrogens with zero attached hydrogens (tertiary/aromatic N) is 1. The Morgan fingerprint density at radius 3 is 2.45 bits per heavy atom. The molecule has 0 aromatic heterocycles. The van der Waals surface area contributed by atoms with Gasteiger partial charge in [0, 0.05) is 12.1 Å². The van der Waals surface area contributed by atoms with Crippen LogP contribution in [0.3, 0.4) is 0 Å². The second-order valence-corrected chi connectivity index (χ2v) is 8.43. The average molecular weight is 281 g/mol. The summed E-state index contributed by atoms with van der Waals surface area (Å²) in [6, 6.07) is 0. The van der Waals surface area contributed by atoms with E-state index in [2.05, 4.69) is 32.6 Å². The van der Waals surface area contributed by atoms with Crippen LogP contribution < -0.4 is 5.73 Å². The molecule has 0 bridgehead atoms. The highest BCUT2D eigenvalue weighted by Crippen LogP contribution is 2.42. The lowest BCUT2D eigenvalue weighted by Crippen LogP contribution is -2.52. The molecule has 0 radical (unpaired) electrons. The van der Waals surface area contributed by atoms with Crippen LogP contribution in [0, 0.1) is 17.3 Å². The first-order valence-corrected chi connectivity index (χ1v) is 8.86. The third-order valence-corrected chi connectivity index (χ3v) is 6.27. The maximum Gasteiger partial charge on any atom is 0.0334 e. The fourth-order valence-electron chi connectivity index (χ4n) is 4.60. The molecule has 2 aliphatic rings. The van der Waals surface area contributed by atoms with Crippen molar-refractivity contribution in [3.8, 4) is 0 Å². The van der Waals surface area contributed by atoms with Gasteiger partial charge in [0.2, 0.25) is 0 Å². The molecule has 1 aliphatic heterocycles. The average Bonchev–Trinajstić information content (AvgIpc) is 2.66. The predicted octanol–water partition coefficient (Wildman–Crippen LogP) is 4.04. The lowest BCUT2D eigenvalue weighted by Gasteiger charge is -2.41. The first-order chi connectivity index (χ1) is 9.41. The van der Waals surface area contributed by atoms with Gasteiger partial charge < -0.3 is 5.73 Å². The molecule has 1 saturated carbocycles. The molecule has 1 heterocycles. The Bertz CT molecular complexity index is 307. The first kappa shape index (κ1) is 16.3. The largest absolute Gasteiger partial charge is 0.329 e. The molecule has 3 unspecified atom stereocenters. The zero-order valence-corrected chi connectivity index (χ0v) is 14.3. The Kier molecular flexibility index (Phi) is 5.18. The van der Waals surface area contributed by atoms with E-state index in [1.807, 2.05) is 0 Å². The van der Waals surface area contributed by atoms with E-state index < -0.39 is 0 Å². The summed E-state index contributed by atoms with van der Waals surface area (Å²) in [6.45, 7) is 13.0. The van der Waals surface area contributed by atoms with Crippen LogP contribution in [-0.4, -0.2) is 30.1 Å². The highest BCUT2D eigenvalue weighted by atomic mass is 15.2. The third kappa shape index (κ3) is 3.39. The van der Waals surface area contributed by atoms with Crippen molar-refractivity contribution >= 4 is 0 Å². The molecule has 2 rings (SSSR count). The van der Waals surface area contributed by atoms with Crippen molar-refractivity contribution in [2.45, 2.75) is 78.2 Å². The van der Waals surface area contributed by atoms with Crippen LogP contribution in [-0.2, 0) is 0 Å². The standard InChI is InChI=1S/C18H36N2/c1-5-15-8-10-18(13-15,14-19)20-11-6-7-16(9-12-20)17(2,3)4/h15-16H,5-14,19H2,1-4H3. The predicted molar refractivity (Wildman–Crippen MR) is 87.8 cm³/mol. The van der Waals surface area contributed by atoms with Gasteiger partial charge in [0.25, 0.3) is 0 Å². The van der Waals surface area contributed by atoms with E-state index in [1.165, 1.54) is 58.0 Å². The SMILES string of the molecule is CCC1CCC(CN)(N2CCCC(C(C)(C)C)CC2)C1. The van der Waals surface area contributed by atoms with Gasteiger partial charge in [-0.05, 0) is 68.9 Å². The topological polar surface area (TPSA) is 29.3 Å². The minimum absolute atomic E-state index is 0.341. The van der Waals surface area contributed by atoms with Gasteiger partial charge in [0.1, 0.15) is 0 Å². The van der Waals surface area contributed by atoms with Crippen LogP contribution in [0.1, 0.15) is 72.6 Å². The summed E-state index contributed by atoms with van der Waals surface area (Å²) in [7, 11) is 0. The fraction of sp³-hybridized carbons (Fsp3) is 1.00. The molecule has 3 atom stereocenters. The summed E-state index contributed by atoms with van der Waals surface area (Å²) < 4.78 is 0. The minimum atomic E-state index is 0.341. The zero-order chi connectivity index (χ0) is 14.8. The highest BCUT2D eigenvalue weighted by molar-refractivity contribution is 4.99. The molecule has 0 aromatic rings. The lowest BCUT2D eigenvalue weighted by atomic mass is 9.76. The Balaban J connectivity index is 2.02. The van der Waals surface area contributed by atoms with E-state index in [-0.39, 0.29) is 0 Å². The van der Waals surface area contributed by atoms with E-state index >= 15 is 0 Å². The van der Waals surface area contributed by atoms with Crippen LogP contribution in [0.25, 0.3) is 0 Å². The van der Waals surface area contributed by atoms with Gasteiger partial charge in [-0.3, -0.25) is 4.90 Å². The van der Waals surface area contributed by atoms with E-state index in [1.54, 1.807) is 0 Å². The zero-order valence-electron chi connectivity index (χ0n) is 14.3. The second-order valence-electron chi connectivity index (χ2n) is 8.43. The maximum atomic E-state index is 6.25. The van der Waals surface area contributed by atoms with Crippen LogP contribution in [0.5, 0.6) is 0 Å². The van der Waals surface area contributed by atoms with Crippen molar-refractivity contribution in [1.29, 1.82) is 0 Å². The molecule has 20 heavy (non-hydrogen) atoms. The minimum Gasteiger partial charge on any atom is -0.329 e. The number of rotatable bonds is 3. The van der Waals surface area contributed by atoms with Gasteiger partial charge in [-0.25, -0.2) is 0 Å². The molecule has 0 aromatic carbocycles. The second kappa shape index (κ2) is 6.36. The lowest BCUT2D eigenvalue weighted by molar-refractivity contribution is 0.0940. The molecule has 2 N–H and O–H groups in total. The van der Waals surface area contributed by atoms with E-state index in [9.17, 15) is 0 Å². The van der Waals surface area contributed by atoms with Crippen molar-refractivity contribution in [3.63, 3.8) is 0 Å². The van der Waals surface area contributed by atoms with Gasteiger partial charge in [-0.1, -0.05) is 34.1 Å². The van der Waals surface area contributed by atoms with Gasteiger partial charge in [0.15, 0.2) is 0 Å². The van der Waals surface area contributed by atoms with Crippen molar-refractivity contribution in [1.82, 2.24) is 4.90 Å². The van der Waals surface area contributed by atoms with Gasteiger partial charge in [0.05, 0.1) is 0 Å². The summed E-state index contributed by atoms with van der Waals surface area (Å²) in [6.07, 6.45) is 9.54. The maximum absolute atomic E-state index is 6.25. The van der Waals surface area contributed by atoms with Crippen molar-refractivity contribution in [3.05, 3.63) is 0 Å². The van der Waals surface area contributed by atoms with E-state index in [0.29, 0.717) is 11.0 Å². The Morgan fingerprint density at radius 2 is 1.90 bits per heavy atom. The molecular weight excluding hydrogens is 244 g/mol. The molecule has 118 valence electrons. The molecule has 0 amide bonds. The fourth-order valence-corrected chi connectivity index (χ4v) is 4.60. The van der Waals surface area contributed by atoms with Gasteiger partial charge in [-0.2, -0.15) is 0 Å². The number of likely N-dealkylation sites (tertiary alicyclic amines) is 1. The van der Waals surface area contributed by atoms with E-state index in [4.69, 9.17) is 5.73 Å². The Labute approximate surface area is 126 Å². The molecule has 2 fully saturated rings. The summed E-state index contributed by atoms with van der Waals surface area (Å²) >= 11 is 0. The number of nitrogens with two attached hydrogens (primary N) is 1. The van der Waals surface area contributed by atoms with Crippen molar-refractivity contribution < 1.29 is 0 Å². The molecule has 2 heteroatoms. The summed E-state index contributed by atoms with van der Waals surface area (Å²) in [4.78, 5) is 2.79. The summed E-state index contributed by atoms with van der Waals surface area (Å²) in [5.41, 5.74) is 7.05. The smallest absolute Gasteiger partial charge is 0.0334 e. The monoisotopic (exact) mass is 280 g/mol. The van der Waals surface area contributed by atoms with Crippen molar-refractivity contribution in [2.75, 3.05) is 19.6 Å².